The van der Waals surface area contributed by atoms with Gasteiger partial charge in [-0.15, -0.1) is 5.10 Å². The largest absolute Gasteiger partial charge is 0.493 e. The van der Waals surface area contributed by atoms with Crippen LogP contribution in [-0.4, -0.2) is 23.9 Å². The smallest absolute Gasteiger partial charge is 0.235 e. The predicted octanol–water partition coefficient (Wildman–Crippen LogP) is 1.98. The second-order valence-corrected chi connectivity index (χ2v) is 3.87. The van der Waals surface area contributed by atoms with E-state index in [0.717, 1.165) is 11.3 Å². The van der Waals surface area contributed by atoms with Crippen LogP contribution in [0, 0.1) is 0 Å². The van der Waals surface area contributed by atoms with E-state index in [1.165, 1.54) is 0 Å². The molecule has 0 saturated heterocycles. The molecule has 0 saturated carbocycles. The summed E-state index contributed by atoms with van der Waals surface area (Å²) in [6.45, 7) is 2.91. The molecule has 0 amide bonds. The van der Waals surface area contributed by atoms with Crippen LogP contribution in [0.3, 0.4) is 0 Å². The molecule has 1 heterocycles. The van der Waals surface area contributed by atoms with Gasteiger partial charge in [0.05, 0.1) is 13.7 Å². The maximum Gasteiger partial charge on any atom is 0.235 e. The van der Waals surface area contributed by atoms with E-state index in [4.69, 9.17) is 19.9 Å². The van der Waals surface area contributed by atoms with Gasteiger partial charge in [0.1, 0.15) is 12.4 Å². The highest BCUT2D eigenvalue weighted by atomic mass is 16.5. The Bertz CT molecular complexity index is 540. The van der Waals surface area contributed by atoms with Crippen LogP contribution >= 0.6 is 0 Å². The monoisotopic (exact) mass is 263 g/mol. The summed E-state index contributed by atoms with van der Waals surface area (Å²) in [4.78, 5) is 0. The fourth-order valence-corrected chi connectivity index (χ4v) is 1.62. The van der Waals surface area contributed by atoms with Crippen LogP contribution in [0.5, 0.6) is 17.4 Å². The lowest BCUT2D eigenvalue weighted by atomic mass is 10.2. The van der Waals surface area contributed by atoms with Crippen LogP contribution in [-0.2, 0) is 6.61 Å². The third kappa shape index (κ3) is 3.31. The summed E-state index contributed by atoms with van der Waals surface area (Å²) < 4.78 is 16.2. The Hall–Kier alpha value is -2.37. The zero-order valence-corrected chi connectivity index (χ0v) is 11.0. The third-order valence-electron chi connectivity index (χ3n) is 2.49. The van der Waals surface area contributed by atoms with Gasteiger partial charge in [0.25, 0.3) is 0 Å². The fraction of sp³-hybridized carbons (Fsp3) is 0.308. The summed E-state index contributed by atoms with van der Waals surface area (Å²) in [5, 5.41) is 6.50. The van der Waals surface area contributed by atoms with E-state index < -0.39 is 0 Å². The number of ether oxygens (including phenoxy) is 3. The van der Waals surface area contributed by atoms with Gasteiger partial charge in [-0.3, -0.25) is 5.10 Å². The number of benzene rings is 1. The van der Waals surface area contributed by atoms with Crippen LogP contribution in [0.4, 0.5) is 5.82 Å². The number of nitrogen functional groups attached to an aromatic ring is 1. The van der Waals surface area contributed by atoms with Gasteiger partial charge in [-0.25, -0.2) is 0 Å². The van der Waals surface area contributed by atoms with Crippen molar-refractivity contribution in [1.82, 2.24) is 10.2 Å². The maximum atomic E-state index is 5.51. The second-order valence-electron chi connectivity index (χ2n) is 3.87. The molecule has 1 aromatic heterocycles. The first-order chi connectivity index (χ1) is 9.22. The Morgan fingerprint density at radius 3 is 2.68 bits per heavy atom. The highest BCUT2D eigenvalue weighted by Crippen LogP contribution is 2.28. The van der Waals surface area contributed by atoms with E-state index in [9.17, 15) is 0 Å². The Morgan fingerprint density at radius 2 is 2.05 bits per heavy atom. The molecule has 0 aliphatic carbocycles. The summed E-state index contributed by atoms with van der Waals surface area (Å²) in [6, 6.07) is 7.29. The fourth-order valence-electron chi connectivity index (χ4n) is 1.62. The average molecular weight is 263 g/mol. The minimum absolute atomic E-state index is 0.382. The summed E-state index contributed by atoms with van der Waals surface area (Å²) in [6.07, 6.45) is 0. The quantitative estimate of drug-likeness (QED) is 0.832. The van der Waals surface area contributed by atoms with Crippen LogP contribution in [0.2, 0.25) is 0 Å². The van der Waals surface area contributed by atoms with Gasteiger partial charge in [-0.1, -0.05) is 6.07 Å². The molecule has 0 aliphatic rings. The van der Waals surface area contributed by atoms with Crippen molar-refractivity contribution in [3.05, 3.63) is 29.8 Å². The number of aromatic amines is 1. The van der Waals surface area contributed by atoms with Gasteiger partial charge in [0, 0.05) is 6.07 Å². The number of aromatic nitrogens is 2. The molecule has 0 spiro atoms. The lowest BCUT2D eigenvalue weighted by molar-refractivity contribution is 0.289. The number of nitrogens with two attached hydrogens (primary N) is 1. The van der Waals surface area contributed by atoms with Crippen LogP contribution in [0.25, 0.3) is 0 Å². The summed E-state index contributed by atoms with van der Waals surface area (Å²) in [5.41, 5.74) is 6.47. The van der Waals surface area contributed by atoms with Crippen molar-refractivity contribution in [3.63, 3.8) is 0 Å². The first kappa shape index (κ1) is 13.1. The van der Waals surface area contributed by atoms with Crippen molar-refractivity contribution in [3.8, 4) is 17.4 Å². The molecule has 19 heavy (non-hydrogen) atoms. The molecule has 0 aliphatic heterocycles. The molecule has 2 aromatic rings. The number of hydrogen-bond donors (Lipinski definition) is 2. The second kappa shape index (κ2) is 5.99. The van der Waals surface area contributed by atoms with E-state index in [2.05, 4.69) is 10.2 Å². The van der Waals surface area contributed by atoms with Crippen LogP contribution < -0.4 is 19.9 Å². The van der Waals surface area contributed by atoms with E-state index in [1.54, 1.807) is 13.2 Å². The minimum Gasteiger partial charge on any atom is -0.493 e. The van der Waals surface area contributed by atoms with E-state index in [-0.39, 0.29) is 0 Å². The van der Waals surface area contributed by atoms with Crippen molar-refractivity contribution in [2.45, 2.75) is 13.5 Å². The summed E-state index contributed by atoms with van der Waals surface area (Å²) in [7, 11) is 1.61. The highest BCUT2D eigenvalue weighted by molar-refractivity contribution is 5.43. The van der Waals surface area contributed by atoms with Gasteiger partial charge in [-0.05, 0) is 24.6 Å². The van der Waals surface area contributed by atoms with E-state index in [1.807, 2.05) is 25.1 Å². The van der Waals surface area contributed by atoms with Gasteiger partial charge >= 0.3 is 0 Å². The van der Waals surface area contributed by atoms with E-state index >= 15 is 0 Å². The Morgan fingerprint density at radius 1 is 1.21 bits per heavy atom. The van der Waals surface area contributed by atoms with Crippen LogP contribution in [0.15, 0.2) is 24.3 Å². The molecule has 0 radical (unpaired) electrons. The molecule has 1 aromatic carbocycles. The van der Waals surface area contributed by atoms with Crippen LogP contribution in [0.1, 0.15) is 12.5 Å². The molecule has 0 atom stereocenters. The maximum absolute atomic E-state index is 5.51. The molecule has 102 valence electrons. The normalized spacial score (nSPS) is 10.2. The van der Waals surface area contributed by atoms with E-state index in [0.29, 0.717) is 30.7 Å². The number of hydrogen-bond acceptors (Lipinski definition) is 5. The number of methoxy groups -OCH3 is 1. The van der Waals surface area contributed by atoms with Crippen molar-refractivity contribution in [1.29, 1.82) is 0 Å². The first-order valence-electron chi connectivity index (χ1n) is 5.96. The lowest BCUT2D eigenvalue weighted by Crippen LogP contribution is -1.99. The molecular weight excluding hydrogens is 246 g/mol. The Kier molecular flexibility index (Phi) is 4.12. The number of nitrogens with zero attached hydrogens (tertiary/aromatic N) is 1. The van der Waals surface area contributed by atoms with Gasteiger partial charge in [0.15, 0.2) is 11.5 Å². The van der Waals surface area contributed by atoms with Gasteiger partial charge in [-0.2, -0.15) is 0 Å². The highest BCUT2D eigenvalue weighted by Gasteiger charge is 2.06. The standard InChI is InChI=1S/C13H17N3O3/c1-3-18-10-5-4-9(6-11(10)17-2)8-19-13-7-12(14)15-16-13/h4-7H,3,8H2,1-2H3,(H3,14,15,16). The molecule has 6 nitrogen and oxygen atoms in total. The van der Waals surface area contributed by atoms with Gasteiger partial charge in [0.2, 0.25) is 5.88 Å². The molecule has 0 fully saturated rings. The molecule has 0 bridgehead atoms. The van der Waals surface area contributed by atoms with Crippen molar-refractivity contribution < 1.29 is 14.2 Å². The number of nitrogens with one attached hydrogen (secondary N) is 1. The number of rotatable bonds is 6. The zero-order valence-electron chi connectivity index (χ0n) is 11.0. The molecule has 3 N–H and O–H groups in total. The number of anilines is 1. The molecule has 6 heteroatoms. The minimum atomic E-state index is 0.382. The van der Waals surface area contributed by atoms with Crippen molar-refractivity contribution >= 4 is 5.82 Å². The SMILES string of the molecule is CCOc1ccc(COc2cc(N)[nH]n2)cc1OC. The number of H-pyrrole nitrogens is 1. The topological polar surface area (TPSA) is 82.4 Å². The van der Waals surface area contributed by atoms with Crippen molar-refractivity contribution in [2.24, 2.45) is 0 Å². The van der Waals surface area contributed by atoms with Gasteiger partial charge < -0.3 is 19.9 Å². The first-order valence-corrected chi connectivity index (χ1v) is 5.96. The predicted molar refractivity (Wildman–Crippen MR) is 71.5 cm³/mol. The zero-order chi connectivity index (χ0) is 13.7. The summed E-state index contributed by atoms with van der Waals surface area (Å²) in [5.74, 6) is 2.34. The summed E-state index contributed by atoms with van der Waals surface area (Å²) >= 11 is 0. The molecule has 0 unspecified atom stereocenters. The average Bonchev–Trinajstić information content (AvgIpc) is 2.83. The third-order valence-corrected chi connectivity index (χ3v) is 2.49. The molecular formula is C13H17N3O3. The van der Waals surface area contributed by atoms with Crippen molar-refractivity contribution in [2.75, 3.05) is 19.5 Å². The Labute approximate surface area is 111 Å². The lowest BCUT2D eigenvalue weighted by Gasteiger charge is -2.11. The molecule has 2 rings (SSSR count). The Balaban J connectivity index is 2.04.